The number of rotatable bonds is 7. The second kappa shape index (κ2) is 7.20. The van der Waals surface area contributed by atoms with Crippen molar-refractivity contribution in [3.63, 3.8) is 0 Å². The van der Waals surface area contributed by atoms with Crippen molar-refractivity contribution < 1.29 is 14.4 Å². The van der Waals surface area contributed by atoms with Gasteiger partial charge in [0.1, 0.15) is 5.15 Å². The third kappa shape index (κ3) is 3.28. The maximum absolute atomic E-state index is 13.0. The number of nitrogens with one attached hydrogen (secondary N) is 2. The average molecular weight is 403 g/mol. The number of nitrogens with two attached hydrogens (primary N) is 1. The van der Waals surface area contributed by atoms with Crippen molar-refractivity contribution >= 4 is 29.3 Å². The van der Waals surface area contributed by atoms with Gasteiger partial charge in [-0.05, 0) is 41.7 Å². The monoisotopic (exact) mass is 402 g/mol. The van der Waals surface area contributed by atoms with E-state index in [9.17, 15) is 14.4 Å². The van der Waals surface area contributed by atoms with Gasteiger partial charge in [0.05, 0.1) is 11.8 Å². The first kappa shape index (κ1) is 18.9. The van der Waals surface area contributed by atoms with Crippen LogP contribution in [0.25, 0.3) is 0 Å². The molecule has 8 heteroatoms. The zero-order chi connectivity index (χ0) is 19.9. The van der Waals surface area contributed by atoms with E-state index < -0.39 is 17.7 Å². The number of halogens is 1. The van der Waals surface area contributed by atoms with E-state index in [1.54, 1.807) is 12.3 Å². The Morgan fingerprint density at radius 3 is 2.29 bits per heavy atom. The van der Waals surface area contributed by atoms with E-state index in [-0.39, 0.29) is 42.0 Å². The second-order valence-corrected chi connectivity index (χ2v) is 8.32. The van der Waals surface area contributed by atoms with Gasteiger partial charge in [0.15, 0.2) is 0 Å². The highest BCUT2D eigenvalue weighted by atomic mass is 35.5. The number of allylic oxidation sites excluding steroid dienone is 2. The van der Waals surface area contributed by atoms with Gasteiger partial charge in [-0.1, -0.05) is 29.8 Å². The predicted molar refractivity (Wildman–Crippen MR) is 103 cm³/mol. The van der Waals surface area contributed by atoms with E-state index >= 15 is 0 Å². The summed E-state index contributed by atoms with van der Waals surface area (Å²) in [5.41, 5.74) is 6.06. The molecule has 148 valence electrons. The van der Waals surface area contributed by atoms with E-state index in [1.165, 1.54) is 0 Å². The Morgan fingerprint density at radius 2 is 1.75 bits per heavy atom. The Morgan fingerprint density at radius 1 is 1.11 bits per heavy atom. The zero-order valence-electron chi connectivity index (χ0n) is 15.4. The molecule has 1 spiro atoms. The Kier molecular flexibility index (Phi) is 4.87. The molecule has 4 N–H and O–H groups in total. The molecule has 28 heavy (non-hydrogen) atoms. The van der Waals surface area contributed by atoms with Crippen LogP contribution >= 0.6 is 11.6 Å². The summed E-state index contributed by atoms with van der Waals surface area (Å²) < 4.78 is 0. The molecule has 2 fully saturated rings. The van der Waals surface area contributed by atoms with Crippen LogP contribution in [-0.2, 0) is 20.9 Å². The second-order valence-electron chi connectivity index (χ2n) is 7.94. The third-order valence-corrected chi connectivity index (χ3v) is 6.60. The zero-order valence-corrected chi connectivity index (χ0v) is 16.1. The van der Waals surface area contributed by atoms with Crippen LogP contribution in [0.1, 0.15) is 24.8 Å². The van der Waals surface area contributed by atoms with Gasteiger partial charge in [-0.2, -0.15) is 0 Å². The molecule has 1 heterocycles. The Bertz CT molecular complexity index is 834. The lowest BCUT2D eigenvalue weighted by Gasteiger charge is -2.26. The van der Waals surface area contributed by atoms with Crippen molar-refractivity contribution in [3.8, 4) is 0 Å². The van der Waals surface area contributed by atoms with Gasteiger partial charge in [0, 0.05) is 25.7 Å². The number of aromatic nitrogens is 1. The fourth-order valence-electron chi connectivity index (χ4n) is 4.95. The molecule has 4 atom stereocenters. The summed E-state index contributed by atoms with van der Waals surface area (Å²) in [7, 11) is 0. The highest BCUT2D eigenvalue weighted by Gasteiger charge is 2.69. The van der Waals surface area contributed by atoms with Crippen LogP contribution in [0.3, 0.4) is 0 Å². The first-order chi connectivity index (χ1) is 13.4. The van der Waals surface area contributed by atoms with Crippen molar-refractivity contribution in [1.29, 1.82) is 0 Å². The van der Waals surface area contributed by atoms with Crippen molar-refractivity contribution in [2.75, 3.05) is 6.54 Å². The minimum atomic E-state index is -0.460. The summed E-state index contributed by atoms with van der Waals surface area (Å²) in [6.45, 7) is 0.535. The average Bonchev–Trinajstić information content (AvgIpc) is 3.33. The molecular formula is C20H23ClN4O3. The van der Waals surface area contributed by atoms with Crippen molar-refractivity contribution in [2.24, 2.45) is 34.8 Å². The molecule has 1 aromatic heterocycles. The fraction of sp³-hybridized carbons (Fsp3) is 0.500. The number of hydrogen-bond donors (Lipinski definition) is 3. The van der Waals surface area contributed by atoms with Crippen molar-refractivity contribution in [3.05, 3.63) is 41.2 Å². The molecule has 2 saturated carbocycles. The van der Waals surface area contributed by atoms with Gasteiger partial charge in [0.2, 0.25) is 17.7 Å². The highest BCUT2D eigenvalue weighted by Crippen LogP contribution is 2.72. The van der Waals surface area contributed by atoms with Gasteiger partial charge < -0.3 is 16.4 Å². The Hall–Kier alpha value is -2.41. The van der Waals surface area contributed by atoms with Gasteiger partial charge in [-0.25, -0.2) is 4.98 Å². The predicted octanol–water partition coefficient (Wildman–Crippen LogP) is 1.17. The van der Waals surface area contributed by atoms with E-state index in [4.69, 9.17) is 17.3 Å². The maximum atomic E-state index is 13.0. The first-order valence-electron chi connectivity index (χ1n) is 9.55. The van der Waals surface area contributed by atoms with Crippen molar-refractivity contribution in [2.45, 2.75) is 25.8 Å². The number of primary amides is 1. The standard InChI is InChI=1S/C20H23ClN4O3/c21-14-4-1-11(9-24-14)10-25-19(28)17-13-3-2-12(20(13)6-7-20)16(17)18(27)23-8-5-15(22)26/h1-4,9,12-13,16-17H,5-8,10H2,(H2,22,26)(H,23,27)(H,25,28)/t12-,13+,16-,17-/m1/s1. The molecule has 0 aromatic carbocycles. The Labute approximate surface area is 168 Å². The van der Waals surface area contributed by atoms with Crippen LogP contribution in [0.4, 0.5) is 0 Å². The van der Waals surface area contributed by atoms with Crippen LogP contribution in [-0.4, -0.2) is 29.3 Å². The summed E-state index contributed by atoms with van der Waals surface area (Å²) in [6, 6.07) is 3.49. The van der Waals surface area contributed by atoms with Crippen LogP contribution in [0.15, 0.2) is 30.5 Å². The molecular weight excluding hydrogens is 380 g/mol. The first-order valence-corrected chi connectivity index (χ1v) is 9.93. The fourth-order valence-corrected chi connectivity index (χ4v) is 5.07. The molecule has 0 radical (unpaired) electrons. The number of pyridine rings is 1. The third-order valence-electron chi connectivity index (χ3n) is 6.37. The molecule has 3 amide bonds. The van der Waals surface area contributed by atoms with Crippen LogP contribution in [0.2, 0.25) is 5.15 Å². The summed E-state index contributed by atoms with van der Waals surface area (Å²) in [5.74, 6) is -1.38. The van der Waals surface area contributed by atoms with Gasteiger partial charge in [-0.3, -0.25) is 14.4 Å². The molecule has 0 saturated heterocycles. The minimum absolute atomic E-state index is 0.0650. The molecule has 1 aromatic rings. The molecule has 7 nitrogen and oxygen atoms in total. The minimum Gasteiger partial charge on any atom is -0.370 e. The molecule has 0 unspecified atom stereocenters. The van der Waals surface area contributed by atoms with Gasteiger partial charge >= 0.3 is 0 Å². The number of carbonyl (C=O) groups is 3. The molecule has 3 aliphatic carbocycles. The highest BCUT2D eigenvalue weighted by molar-refractivity contribution is 6.29. The summed E-state index contributed by atoms with van der Waals surface area (Å²) in [4.78, 5) is 40.9. The normalized spacial score (nSPS) is 28.3. The lowest BCUT2D eigenvalue weighted by atomic mass is 9.81. The number of amides is 3. The van der Waals surface area contributed by atoms with E-state index in [0.29, 0.717) is 11.7 Å². The molecule has 3 aliphatic rings. The smallest absolute Gasteiger partial charge is 0.224 e. The van der Waals surface area contributed by atoms with Gasteiger partial charge in [-0.15, -0.1) is 0 Å². The lowest BCUT2D eigenvalue weighted by Crippen LogP contribution is -2.44. The lowest BCUT2D eigenvalue weighted by molar-refractivity contribution is -0.135. The van der Waals surface area contributed by atoms with E-state index in [0.717, 1.165) is 18.4 Å². The summed E-state index contributed by atoms with van der Waals surface area (Å²) in [6.07, 6.45) is 8.02. The van der Waals surface area contributed by atoms with E-state index in [1.807, 2.05) is 6.07 Å². The summed E-state index contributed by atoms with van der Waals surface area (Å²) >= 11 is 5.79. The van der Waals surface area contributed by atoms with Crippen LogP contribution in [0, 0.1) is 29.1 Å². The quantitative estimate of drug-likeness (QED) is 0.469. The topological polar surface area (TPSA) is 114 Å². The maximum Gasteiger partial charge on any atom is 0.224 e. The van der Waals surface area contributed by atoms with Gasteiger partial charge in [0.25, 0.3) is 0 Å². The number of hydrogen-bond acceptors (Lipinski definition) is 4. The van der Waals surface area contributed by atoms with Crippen LogP contribution in [0.5, 0.6) is 0 Å². The molecule has 0 aliphatic heterocycles. The van der Waals surface area contributed by atoms with Crippen LogP contribution < -0.4 is 16.4 Å². The summed E-state index contributed by atoms with van der Waals surface area (Å²) in [5, 5.41) is 6.15. The largest absolute Gasteiger partial charge is 0.370 e. The number of nitrogens with zero attached hydrogens (tertiary/aromatic N) is 1. The molecule has 4 rings (SSSR count). The van der Waals surface area contributed by atoms with Crippen molar-refractivity contribution in [1.82, 2.24) is 15.6 Å². The molecule has 2 bridgehead atoms. The Balaban J connectivity index is 1.46. The SMILES string of the molecule is NC(=O)CCNC(=O)[C@H]1[C@H](C(=O)NCc2ccc(Cl)nc2)[C@@H]2C=C[C@H]1C21CC1. The van der Waals surface area contributed by atoms with E-state index in [2.05, 4.69) is 27.8 Å². The number of carbonyl (C=O) groups excluding carboxylic acids is 3.